The first kappa shape index (κ1) is 20.2. The predicted molar refractivity (Wildman–Crippen MR) is 100 cm³/mol. The standard InChI is InChI=1S/C20H24N2O5/c1-13-11-18(19(24)12-27-20(25)9-10-21-15(3)23)14(2)22(13)16-5-7-17(26-4)8-6-16/h5-8,11H,9-10,12H2,1-4H3,(H,21,23). The van der Waals surface area contributed by atoms with Crippen LogP contribution in [-0.2, 0) is 14.3 Å². The van der Waals surface area contributed by atoms with Crippen LogP contribution in [0.1, 0.15) is 35.1 Å². The molecule has 0 unspecified atom stereocenters. The van der Waals surface area contributed by atoms with Crippen LogP contribution in [0.2, 0.25) is 0 Å². The summed E-state index contributed by atoms with van der Waals surface area (Å²) < 4.78 is 12.1. The van der Waals surface area contributed by atoms with Crippen LogP contribution in [0, 0.1) is 13.8 Å². The Kier molecular flexibility index (Phi) is 6.76. The summed E-state index contributed by atoms with van der Waals surface area (Å²) >= 11 is 0. The third kappa shape index (κ3) is 5.20. The maximum Gasteiger partial charge on any atom is 0.308 e. The molecule has 1 heterocycles. The Balaban J connectivity index is 2.05. The van der Waals surface area contributed by atoms with Gasteiger partial charge in [0.15, 0.2) is 6.61 Å². The van der Waals surface area contributed by atoms with Crippen LogP contribution in [-0.4, -0.2) is 42.5 Å². The lowest BCUT2D eigenvalue weighted by atomic mass is 10.1. The van der Waals surface area contributed by atoms with Crippen LogP contribution >= 0.6 is 0 Å². The van der Waals surface area contributed by atoms with Crippen molar-refractivity contribution in [1.82, 2.24) is 9.88 Å². The molecule has 7 nitrogen and oxygen atoms in total. The van der Waals surface area contributed by atoms with Crippen LogP contribution in [0.4, 0.5) is 0 Å². The van der Waals surface area contributed by atoms with E-state index in [1.165, 1.54) is 6.92 Å². The Labute approximate surface area is 158 Å². The van der Waals surface area contributed by atoms with Gasteiger partial charge in [0.05, 0.1) is 13.5 Å². The molecule has 1 aromatic heterocycles. The summed E-state index contributed by atoms with van der Waals surface area (Å²) in [5, 5.41) is 2.51. The average Bonchev–Trinajstić information content (AvgIpc) is 2.94. The highest BCUT2D eigenvalue weighted by atomic mass is 16.5. The van der Waals surface area contributed by atoms with E-state index in [4.69, 9.17) is 9.47 Å². The van der Waals surface area contributed by atoms with Crippen molar-refractivity contribution in [2.45, 2.75) is 27.2 Å². The summed E-state index contributed by atoms with van der Waals surface area (Å²) in [4.78, 5) is 34.9. The van der Waals surface area contributed by atoms with Gasteiger partial charge in [-0.15, -0.1) is 0 Å². The molecule has 2 aromatic rings. The van der Waals surface area contributed by atoms with Crippen molar-refractivity contribution in [3.8, 4) is 11.4 Å². The number of benzene rings is 1. The SMILES string of the molecule is COc1ccc(-n2c(C)cc(C(=O)COC(=O)CCNC(C)=O)c2C)cc1. The molecule has 27 heavy (non-hydrogen) atoms. The number of methoxy groups -OCH3 is 1. The van der Waals surface area contributed by atoms with Crippen LogP contribution in [0.15, 0.2) is 30.3 Å². The van der Waals surface area contributed by atoms with E-state index in [2.05, 4.69) is 5.32 Å². The molecular formula is C20H24N2O5. The number of hydrogen-bond donors (Lipinski definition) is 1. The van der Waals surface area contributed by atoms with Gasteiger partial charge >= 0.3 is 5.97 Å². The summed E-state index contributed by atoms with van der Waals surface area (Å²) in [6.45, 7) is 4.99. The average molecular weight is 372 g/mol. The number of hydrogen-bond acceptors (Lipinski definition) is 5. The van der Waals surface area contributed by atoms with Crippen LogP contribution < -0.4 is 10.1 Å². The topological polar surface area (TPSA) is 86.6 Å². The van der Waals surface area contributed by atoms with Gasteiger partial charge in [0.25, 0.3) is 0 Å². The number of Topliss-reactive ketones (excluding diaryl/α,β-unsaturated/α-hetero) is 1. The zero-order valence-corrected chi connectivity index (χ0v) is 16.0. The lowest BCUT2D eigenvalue weighted by molar-refractivity contribution is -0.142. The molecule has 0 bridgehead atoms. The number of carbonyl (C=O) groups is 3. The van der Waals surface area contributed by atoms with Gasteiger partial charge in [-0.2, -0.15) is 0 Å². The molecular weight excluding hydrogens is 348 g/mol. The van der Waals surface area contributed by atoms with E-state index in [1.54, 1.807) is 13.2 Å². The first-order chi connectivity index (χ1) is 12.8. The van der Waals surface area contributed by atoms with Gasteiger partial charge in [-0.3, -0.25) is 14.4 Å². The number of aryl methyl sites for hydroxylation is 1. The zero-order chi connectivity index (χ0) is 20.0. The fourth-order valence-corrected chi connectivity index (χ4v) is 2.81. The van der Waals surface area contributed by atoms with Gasteiger partial charge in [0.1, 0.15) is 5.75 Å². The molecule has 0 fully saturated rings. The number of ketones is 1. The number of esters is 1. The van der Waals surface area contributed by atoms with Crippen molar-refractivity contribution in [3.63, 3.8) is 0 Å². The minimum Gasteiger partial charge on any atom is -0.497 e. The van der Waals surface area contributed by atoms with Gasteiger partial charge in [-0.05, 0) is 44.2 Å². The lowest BCUT2D eigenvalue weighted by Crippen LogP contribution is -2.24. The number of rotatable bonds is 8. The van der Waals surface area contributed by atoms with E-state index in [0.717, 1.165) is 22.8 Å². The van der Waals surface area contributed by atoms with Crippen LogP contribution in [0.3, 0.4) is 0 Å². The molecule has 1 N–H and O–H groups in total. The highest BCUT2D eigenvalue weighted by Gasteiger charge is 2.18. The minimum absolute atomic E-state index is 0.0255. The predicted octanol–water partition coefficient (Wildman–Crippen LogP) is 2.35. The van der Waals surface area contributed by atoms with Crippen molar-refractivity contribution >= 4 is 17.7 Å². The summed E-state index contributed by atoms with van der Waals surface area (Å²) in [6.07, 6.45) is 0.0255. The first-order valence-electron chi connectivity index (χ1n) is 8.60. The van der Waals surface area contributed by atoms with Crippen molar-refractivity contribution in [2.75, 3.05) is 20.3 Å². The van der Waals surface area contributed by atoms with E-state index in [1.807, 2.05) is 42.7 Å². The number of nitrogens with one attached hydrogen (secondary N) is 1. The second-order valence-electron chi connectivity index (χ2n) is 6.14. The summed E-state index contributed by atoms with van der Waals surface area (Å²) in [6, 6.07) is 9.32. The second kappa shape index (κ2) is 9.02. The van der Waals surface area contributed by atoms with Gasteiger partial charge in [-0.25, -0.2) is 0 Å². The number of nitrogens with zero attached hydrogens (tertiary/aromatic N) is 1. The van der Waals surface area contributed by atoms with Gasteiger partial charge in [0.2, 0.25) is 11.7 Å². The fraction of sp³-hybridized carbons (Fsp3) is 0.350. The molecule has 1 amide bonds. The third-order valence-corrected chi connectivity index (χ3v) is 4.13. The summed E-state index contributed by atoms with van der Waals surface area (Å²) in [5.41, 5.74) is 3.10. The Bertz CT molecular complexity index is 837. The molecule has 0 saturated heterocycles. The Morgan fingerprint density at radius 3 is 2.37 bits per heavy atom. The van der Waals surface area contributed by atoms with E-state index in [0.29, 0.717) is 5.56 Å². The van der Waals surface area contributed by atoms with E-state index < -0.39 is 5.97 Å². The Morgan fingerprint density at radius 1 is 1.11 bits per heavy atom. The van der Waals surface area contributed by atoms with Gasteiger partial charge in [0, 0.05) is 36.1 Å². The molecule has 144 valence electrons. The largest absolute Gasteiger partial charge is 0.497 e. The molecule has 2 rings (SSSR count). The number of ether oxygens (including phenoxy) is 2. The van der Waals surface area contributed by atoms with Crippen molar-refractivity contribution in [1.29, 1.82) is 0 Å². The molecule has 0 aliphatic carbocycles. The van der Waals surface area contributed by atoms with Crippen LogP contribution in [0.5, 0.6) is 5.75 Å². The molecule has 0 atom stereocenters. The Hall–Kier alpha value is -3.09. The highest BCUT2D eigenvalue weighted by molar-refractivity contribution is 5.99. The van der Waals surface area contributed by atoms with Gasteiger partial charge in [-0.1, -0.05) is 0 Å². The second-order valence-corrected chi connectivity index (χ2v) is 6.14. The maximum atomic E-state index is 12.5. The van der Waals surface area contributed by atoms with E-state index in [-0.39, 0.29) is 31.3 Å². The molecule has 0 spiro atoms. The molecule has 1 aromatic carbocycles. The molecule has 7 heteroatoms. The molecule has 0 saturated carbocycles. The zero-order valence-electron chi connectivity index (χ0n) is 16.0. The monoisotopic (exact) mass is 372 g/mol. The lowest BCUT2D eigenvalue weighted by Gasteiger charge is -2.11. The van der Waals surface area contributed by atoms with Crippen LogP contribution in [0.25, 0.3) is 5.69 Å². The van der Waals surface area contributed by atoms with Crippen molar-refractivity contribution in [2.24, 2.45) is 0 Å². The van der Waals surface area contributed by atoms with E-state index >= 15 is 0 Å². The molecule has 0 aliphatic heterocycles. The maximum absolute atomic E-state index is 12.5. The molecule has 0 aliphatic rings. The highest BCUT2D eigenvalue weighted by Crippen LogP contribution is 2.23. The number of carbonyl (C=O) groups excluding carboxylic acids is 3. The quantitative estimate of drug-likeness (QED) is 0.568. The summed E-state index contributed by atoms with van der Waals surface area (Å²) in [7, 11) is 1.61. The smallest absolute Gasteiger partial charge is 0.308 e. The number of aromatic nitrogens is 1. The Morgan fingerprint density at radius 2 is 1.78 bits per heavy atom. The van der Waals surface area contributed by atoms with E-state index in [9.17, 15) is 14.4 Å². The minimum atomic E-state index is -0.527. The fourth-order valence-electron chi connectivity index (χ4n) is 2.81. The number of amides is 1. The third-order valence-electron chi connectivity index (χ3n) is 4.13. The normalized spacial score (nSPS) is 10.4. The van der Waals surface area contributed by atoms with Crippen molar-refractivity contribution < 1.29 is 23.9 Å². The summed E-state index contributed by atoms with van der Waals surface area (Å²) in [5.74, 6) is -0.259. The van der Waals surface area contributed by atoms with Gasteiger partial charge < -0.3 is 19.4 Å². The first-order valence-corrected chi connectivity index (χ1v) is 8.60. The molecule has 0 radical (unpaired) electrons. The van der Waals surface area contributed by atoms with Crippen molar-refractivity contribution in [3.05, 3.63) is 47.3 Å².